The Bertz CT molecular complexity index is 1300. The monoisotopic (exact) mass is 514 g/mol. The number of hydrogen-bond donors (Lipinski definition) is 3. The number of fused-ring (bicyclic) bond motifs is 9. The Labute approximate surface area is 209 Å². The molecule has 1 saturated heterocycles. The molecule has 1 aromatic heterocycles. The van der Waals surface area contributed by atoms with E-state index in [1.54, 1.807) is 23.9 Å². The number of aromatic amines is 1. The number of H-pyrrole nitrogens is 1. The number of nitrogens with zero attached hydrogens (tertiary/aromatic N) is 1. The molecule has 3 heterocycles. The molecule has 8 nitrogen and oxygen atoms in total. The van der Waals surface area contributed by atoms with Crippen LogP contribution in [0.25, 0.3) is 0 Å². The third kappa shape index (κ3) is 3.18. The minimum Gasteiger partial charge on any atom is -0.508 e. The largest absolute Gasteiger partial charge is 0.508 e. The number of thioether (sulfide) groups is 1. The van der Waals surface area contributed by atoms with Crippen LogP contribution < -0.4 is 4.87 Å². The third-order valence-electron chi connectivity index (χ3n) is 8.32. The number of aliphatic carboxylic acids is 1. The first-order valence-corrected chi connectivity index (χ1v) is 13.7. The molecule has 1 aromatic carbocycles. The number of hydrogen-bond acceptors (Lipinski definition) is 7. The van der Waals surface area contributed by atoms with Gasteiger partial charge in [0.15, 0.2) is 0 Å². The van der Waals surface area contributed by atoms with Crippen molar-refractivity contribution in [2.45, 2.75) is 48.9 Å². The molecule has 4 aliphatic rings. The van der Waals surface area contributed by atoms with Crippen LogP contribution in [-0.4, -0.2) is 49.2 Å². The van der Waals surface area contributed by atoms with Crippen molar-refractivity contribution in [3.05, 3.63) is 44.4 Å². The molecule has 8 atom stereocenters. The molecule has 184 valence electrons. The molecular weight excluding hydrogens is 488 g/mol. The first kappa shape index (κ1) is 22.8. The highest BCUT2D eigenvalue weighted by atomic mass is 32.2. The summed E-state index contributed by atoms with van der Waals surface area (Å²) in [6, 6.07) is 5.95. The van der Waals surface area contributed by atoms with Crippen molar-refractivity contribution < 1.29 is 24.6 Å². The number of aromatic nitrogens is 1. The highest BCUT2D eigenvalue weighted by Gasteiger charge is 2.70. The maximum Gasteiger partial charge on any atom is 0.326 e. The summed E-state index contributed by atoms with van der Waals surface area (Å²) in [4.78, 5) is 56.3. The number of phenolic OH excluding ortho intramolecular Hbond substituents is 1. The summed E-state index contributed by atoms with van der Waals surface area (Å²) < 4.78 is 0. The van der Waals surface area contributed by atoms with Gasteiger partial charge in [-0.25, -0.2) is 4.79 Å². The first-order valence-electron chi connectivity index (χ1n) is 12.0. The SMILES string of the molecule is CC(C)C[C@H](C(=O)O)N1C(=O)[C@@H]2[C@H]3C[C@@H]([C@@H]2C1=O)[C@@H]1[C@@H](c2ccccc2O)c2sc(=O)[nH]c2S[C@H]31. The lowest BCUT2D eigenvalue weighted by Gasteiger charge is -2.43. The predicted octanol–water partition coefficient (Wildman–Crippen LogP) is 3.11. The number of likely N-dealkylation sites (tertiary alicyclic amines) is 1. The van der Waals surface area contributed by atoms with E-state index in [9.17, 15) is 29.4 Å². The Morgan fingerprint density at radius 2 is 1.83 bits per heavy atom. The van der Waals surface area contributed by atoms with Crippen LogP contribution in [0.15, 0.2) is 34.1 Å². The molecule has 0 unspecified atom stereocenters. The van der Waals surface area contributed by atoms with Crippen molar-refractivity contribution in [3.8, 4) is 5.75 Å². The Morgan fingerprint density at radius 1 is 1.14 bits per heavy atom. The molecule has 10 heteroatoms. The van der Waals surface area contributed by atoms with E-state index in [0.29, 0.717) is 6.42 Å². The molecular formula is C25H26N2O6S2. The van der Waals surface area contributed by atoms with Gasteiger partial charge in [0.25, 0.3) is 0 Å². The summed E-state index contributed by atoms with van der Waals surface area (Å²) in [5, 5.41) is 21.4. The Balaban J connectivity index is 1.43. The second-order valence-corrected chi connectivity index (χ2v) is 12.8. The number of benzene rings is 1. The summed E-state index contributed by atoms with van der Waals surface area (Å²) in [7, 11) is 0. The average Bonchev–Trinajstić information content (AvgIpc) is 3.52. The van der Waals surface area contributed by atoms with E-state index >= 15 is 0 Å². The van der Waals surface area contributed by atoms with E-state index < -0.39 is 23.8 Å². The smallest absolute Gasteiger partial charge is 0.326 e. The van der Waals surface area contributed by atoms with Gasteiger partial charge in [0, 0.05) is 21.6 Å². The Morgan fingerprint density at radius 3 is 2.49 bits per heavy atom. The number of phenols is 1. The standard InChI is InChI=1S/C25H26N2O6S2/c1-9(2)7-13(24(31)32)27-22(29)17-11-8-12(18(17)23(27)30)19-16(11)15(10-5-3-4-6-14(10)28)20-21(34-19)26-25(33)35-20/h3-6,9,11-13,15-19,28H,7-8H2,1-2H3,(H,26,33)(H,31,32)/t11-,12-,13-,15-,16-,17+,18-,19-/m1/s1. The van der Waals surface area contributed by atoms with Gasteiger partial charge in [-0.3, -0.25) is 19.3 Å². The van der Waals surface area contributed by atoms with Crippen LogP contribution in [0.5, 0.6) is 5.75 Å². The molecule has 2 saturated carbocycles. The normalized spacial score (nSPS) is 33.7. The molecule has 2 aliphatic heterocycles. The number of rotatable bonds is 5. The number of nitrogens with one attached hydrogen (secondary N) is 1. The minimum absolute atomic E-state index is 0.00585. The number of carboxylic acid groups (broad SMARTS) is 1. The van der Waals surface area contributed by atoms with Gasteiger partial charge in [0.05, 0.1) is 16.9 Å². The molecule has 0 spiro atoms. The molecule has 3 fully saturated rings. The maximum atomic E-state index is 13.7. The topological polar surface area (TPSA) is 128 Å². The van der Waals surface area contributed by atoms with Gasteiger partial charge >= 0.3 is 10.8 Å². The fourth-order valence-corrected chi connectivity index (χ4v) is 10.1. The summed E-state index contributed by atoms with van der Waals surface area (Å²) in [6.07, 6.45) is 0.941. The van der Waals surface area contributed by atoms with Crippen LogP contribution in [-0.2, 0) is 14.4 Å². The predicted molar refractivity (Wildman–Crippen MR) is 129 cm³/mol. The quantitative estimate of drug-likeness (QED) is 0.523. The molecule has 2 bridgehead atoms. The lowest BCUT2D eigenvalue weighted by Crippen LogP contribution is -2.47. The molecule has 0 radical (unpaired) electrons. The van der Waals surface area contributed by atoms with Gasteiger partial charge in [0.1, 0.15) is 11.8 Å². The van der Waals surface area contributed by atoms with Gasteiger partial charge in [-0.05, 0) is 42.6 Å². The number of aromatic hydroxyl groups is 1. The third-order valence-corrected chi connectivity index (χ3v) is 10.9. The van der Waals surface area contributed by atoms with Crippen molar-refractivity contribution >= 4 is 40.9 Å². The first-order chi connectivity index (χ1) is 16.7. The second-order valence-electron chi connectivity index (χ2n) is 10.5. The van der Waals surface area contributed by atoms with E-state index in [1.165, 1.54) is 0 Å². The number of para-hydroxylation sites is 1. The molecule has 6 rings (SSSR count). The summed E-state index contributed by atoms with van der Waals surface area (Å²) in [5.41, 5.74) is 0.722. The second kappa shape index (κ2) is 7.96. The van der Waals surface area contributed by atoms with E-state index in [4.69, 9.17) is 0 Å². The lowest BCUT2D eigenvalue weighted by molar-refractivity contribution is -0.156. The van der Waals surface area contributed by atoms with Crippen molar-refractivity contribution in [1.82, 2.24) is 9.88 Å². The fourth-order valence-electron chi connectivity index (χ4n) is 7.21. The van der Waals surface area contributed by atoms with E-state index in [2.05, 4.69) is 4.98 Å². The number of carboxylic acids is 1. The van der Waals surface area contributed by atoms with Gasteiger partial charge in [-0.1, -0.05) is 43.4 Å². The van der Waals surface area contributed by atoms with Crippen LogP contribution in [0.4, 0.5) is 0 Å². The van der Waals surface area contributed by atoms with E-state index in [0.717, 1.165) is 31.7 Å². The fraction of sp³-hybridized carbons (Fsp3) is 0.520. The zero-order valence-corrected chi connectivity index (χ0v) is 20.8. The number of carbonyl (C=O) groups is 3. The number of thiazole rings is 1. The molecule has 2 amide bonds. The number of amides is 2. The number of carbonyl (C=O) groups excluding carboxylic acids is 2. The highest BCUT2D eigenvalue weighted by molar-refractivity contribution is 8.00. The van der Waals surface area contributed by atoms with Crippen molar-refractivity contribution in [3.63, 3.8) is 0 Å². The summed E-state index contributed by atoms with van der Waals surface area (Å²) in [6.45, 7) is 3.76. The number of imide groups is 1. The summed E-state index contributed by atoms with van der Waals surface area (Å²) >= 11 is 2.71. The van der Waals surface area contributed by atoms with Crippen molar-refractivity contribution in [1.29, 1.82) is 0 Å². The summed E-state index contributed by atoms with van der Waals surface area (Å²) in [5.74, 6) is -3.28. The van der Waals surface area contributed by atoms with Crippen LogP contribution in [0.1, 0.15) is 43.0 Å². The zero-order valence-electron chi connectivity index (χ0n) is 19.2. The average molecular weight is 515 g/mol. The van der Waals surface area contributed by atoms with Crippen LogP contribution in [0.2, 0.25) is 0 Å². The Hall–Kier alpha value is -2.59. The molecule has 3 N–H and O–H groups in total. The van der Waals surface area contributed by atoms with E-state index in [-0.39, 0.29) is 63.7 Å². The van der Waals surface area contributed by atoms with Crippen LogP contribution in [0, 0.1) is 35.5 Å². The van der Waals surface area contributed by atoms with Crippen molar-refractivity contribution in [2.24, 2.45) is 35.5 Å². The van der Waals surface area contributed by atoms with Gasteiger partial charge in [-0.2, -0.15) is 0 Å². The zero-order chi connectivity index (χ0) is 24.8. The molecule has 2 aromatic rings. The lowest BCUT2D eigenvalue weighted by atomic mass is 9.68. The van der Waals surface area contributed by atoms with Gasteiger partial charge < -0.3 is 15.2 Å². The van der Waals surface area contributed by atoms with Crippen molar-refractivity contribution in [2.75, 3.05) is 0 Å². The van der Waals surface area contributed by atoms with E-state index in [1.807, 2.05) is 26.0 Å². The van der Waals surface area contributed by atoms with Gasteiger partial charge in [0.2, 0.25) is 11.8 Å². The molecule has 2 aliphatic carbocycles. The van der Waals surface area contributed by atoms with Crippen LogP contribution >= 0.6 is 23.1 Å². The van der Waals surface area contributed by atoms with Crippen LogP contribution in [0.3, 0.4) is 0 Å². The van der Waals surface area contributed by atoms with Gasteiger partial charge in [-0.15, -0.1) is 11.8 Å². The Kier molecular flexibility index (Phi) is 5.20. The molecule has 35 heavy (non-hydrogen) atoms. The highest BCUT2D eigenvalue weighted by Crippen LogP contribution is 2.69. The maximum absolute atomic E-state index is 13.7. The minimum atomic E-state index is -1.15.